The van der Waals surface area contributed by atoms with Crippen LogP contribution in [0.5, 0.6) is 5.75 Å². The van der Waals surface area contributed by atoms with Gasteiger partial charge in [0.1, 0.15) is 11.5 Å². The van der Waals surface area contributed by atoms with Gasteiger partial charge in [0.25, 0.3) is 0 Å². The van der Waals surface area contributed by atoms with Crippen LogP contribution in [0.3, 0.4) is 0 Å². The predicted molar refractivity (Wildman–Crippen MR) is 55.2 cm³/mol. The second kappa shape index (κ2) is 4.48. The number of ether oxygens (including phenoxy) is 1. The molecule has 17 heavy (non-hydrogen) atoms. The first-order valence-corrected chi connectivity index (χ1v) is 4.80. The topological polar surface area (TPSA) is 27.1 Å². The Kier molecular flexibility index (Phi) is 3.03. The Morgan fingerprint density at radius 3 is 2.47 bits per heavy atom. The van der Waals surface area contributed by atoms with Crippen LogP contribution in [-0.2, 0) is 7.05 Å². The third-order valence-electron chi connectivity index (χ3n) is 2.13. The van der Waals surface area contributed by atoms with Gasteiger partial charge in [0.05, 0.1) is 6.20 Å². The number of hydrogen-bond acceptors (Lipinski definition) is 2. The third kappa shape index (κ3) is 2.58. The fraction of sp³-hybridized carbons (Fsp3) is 0.182. The molecule has 0 unspecified atom stereocenters. The molecule has 0 saturated carbocycles. The van der Waals surface area contributed by atoms with Crippen molar-refractivity contribution in [3.8, 4) is 17.0 Å². The number of nitrogens with zero attached hydrogens (tertiary/aromatic N) is 2. The molecule has 0 bridgehead atoms. The maximum atomic E-state index is 12.7. The van der Waals surface area contributed by atoms with Gasteiger partial charge in [-0.2, -0.15) is 13.9 Å². The summed E-state index contributed by atoms with van der Waals surface area (Å²) in [5.74, 6) is -0.435. The van der Waals surface area contributed by atoms with E-state index in [2.05, 4.69) is 9.84 Å². The maximum Gasteiger partial charge on any atom is 0.387 e. The van der Waals surface area contributed by atoms with Crippen molar-refractivity contribution in [3.63, 3.8) is 0 Å². The van der Waals surface area contributed by atoms with E-state index in [-0.39, 0.29) is 11.4 Å². The lowest BCUT2D eigenvalue weighted by atomic mass is 10.1. The summed E-state index contributed by atoms with van der Waals surface area (Å²) in [6.07, 6.45) is 1.34. The van der Waals surface area contributed by atoms with Crippen LogP contribution in [0, 0.1) is 5.82 Å². The van der Waals surface area contributed by atoms with Gasteiger partial charge in [0.15, 0.2) is 5.75 Å². The first-order valence-electron chi connectivity index (χ1n) is 4.80. The standard InChI is InChI=1S/C11H9F3N2O/c1-16-6-9(17-11(13)14)10(15-16)7-2-4-8(12)5-3-7/h2-6,11H,1H3. The van der Waals surface area contributed by atoms with E-state index >= 15 is 0 Å². The summed E-state index contributed by atoms with van der Waals surface area (Å²) in [4.78, 5) is 0. The fourth-order valence-corrected chi connectivity index (χ4v) is 1.46. The Morgan fingerprint density at radius 1 is 1.24 bits per heavy atom. The molecule has 6 heteroatoms. The zero-order valence-corrected chi connectivity index (χ0v) is 8.90. The second-order valence-electron chi connectivity index (χ2n) is 3.40. The van der Waals surface area contributed by atoms with Gasteiger partial charge in [-0.15, -0.1) is 0 Å². The minimum absolute atomic E-state index is 0.0332. The van der Waals surface area contributed by atoms with Crippen LogP contribution >= 0.6 is 0 Å². The van der Waals surface area contributed by atoms with Crippen LogP contribution in [0.25, 0.3) is 11.3 Å². The van der Waals surface area contributed by atoms with Crippen LogP contribution in [0.2, 0.25) is 0 Å². The molecule has 1 aromatic carbocycles. The van der Waals surface area contributed by atoms with E-state index in [1.54, 1.807) is 7.05 Å². The van der Waals surface area contributed by atoms with Gasteiger partial charge >= 0.3 is 6.61 Å². The van der Waals surface area contributed by atoms with Crippen molar-refractivity contribution >= 4 is 0 Å². The molecule has 0 aliphatic heterocycles. The molecule has 0 amide bonds. The molecule has 3 nitrogen and oxygen atoms in total. The summed E-state index contributed by atoms with van der Waals surface area (Å²) in [6.45, 7) is -2.92. The molecule has 1 heterocycles. The quantitative estimate of drug-likeness (QED) is 0.827. The van der Waals surface area contributed by atoms with Gasteiger partial charge in [0.2, 0.25) is 0 Å². The summed E-state index contributed by atoms with van der Waals surface area (Å²) >= 11 is 0. The Balaban J connectivity index is 2.40. The first-order chi connectivity index (χ1) is 8.06. The van der Waals surface area contributed by atoms with E-state index in [9.17, 15) is 13.2 Å². The smallest absolute Gasteiger partial charge is 0.387 e. The molecule has 90 valence electrons. The lowest BCUT2D eigenvalue weighted by molar-refractivity contribution is -0.0495. The normalized spacial score (nSPS) is 10.9. The Hall–Kier alpha value is -1.98. The van der Waals surface area contributed by atoms with Crippen molar-refractivity contribution in [2.24, 2.45) is 7.05 Å². The van der Waals surface area contributed by atoms with E-state index in [1.807, 2.05) is 0 Å². The van der Waals surface area contributed by atoms with E-state index in [0.717, 1.165) is 0 Å². The summed E-state index contributed by atoms with van der Waals surface area (Å²) in [5.41, 5.74) is 0.774. The van der Waals surface area contributed by atoms with Crippen molar-refractivity contribution in [3.05, 3.63) is 36.3 Å². The van der Waals surface area contributed by atoms with Crippen molar-refractivity contribution in [2.75, 3.05) is 0 Å². The Bertz CT molecular complexity index is 508. The maximum absolute atomic E-state index is 12.7. The largest absolute Gasteiger partial charge is 0.431 e. The highest BCUT2D eigenvalue weighted by atomic mass is 19.3. The minimum atomic E-state index is -2.92. The van der Waals surface area contributed by atoms with Crippen LogP contribution in [-0.4, -0.2) is 16.4 Å². The van der Waals surface area contributed by atoms with Crippen LogP contribution in [0.1, 0.15) is 0 Å². The fourth-order valence-electron chi connectivity index (χ4n) is 1.46. The average Bonchev–Trinajstić information content (AvgIpc) is 2.59. The number of halogens is 3. The lowest BCUT2D eigenvalue weighted by Gasteiger charge is -2.03. The molecule has 0 N–H and O–H groups in total. The third-order valence-corrected chi connectivity index (χ3v) is 2.13. The van der Waals surface area contributed by atoms with Crippen LogP contribution in [0.4, 0.5) is 13.2 Å². The van der Waals surface area contributed by atoms with Crippen LogP contribution < -0.4 is 4.74 Å². The SMILES string of the molecule is Cn1cc(OC(F)F)c(-c2ccc(F)cc2)n1. The van der Waals surface area contributed by atoms with Gasteiger partial charge in [-0.1, -0.05) is 0 Å². The molecule has 2 aromatic rings. The molecule has 0 atom stereocenters. The summed E-state index contributed by atoms with van der Waals surface area (Å²) in [5, 5.41) is 4.00. The second-order valence-corrected chi connectivity index (χ2v) is 3.40. The van der Waals surface area contributed by atoms with E-state index < -0.39 is 12.4 Å². The summed E-state index contributed by atoms with van der Waals surface area (Å²) in [7, 11) is 1.59. The molecule has 0 radical (unpaired) electrons. The molecular formula is C11H9F3N2O. The highest BCUT2D eigenvalue weighted by molar-refractivity contribution is 5.65. The highest BCUT2D eigenvalue weighted by Crippen LogP contribution is 2.29. The van der Waals surface area contributed by atoms with Crippen molar-refractivity contribution in [2.45, 2.75) is 6.61 Å². The molecule has 0 aliphatic rings. The van der Waals surface area contributed by atoms with Gasteiger partial charge in [-0.25, -0.2) is 4.39 Å². The van der Waals surface area contributed by atoms with E-state index in [0.29, 0.717) is 5.56 Å². The number of aromatic nitrogens is 2. The molecule has 0 aliphatic carbocycles. The number of rotatable bonds is 3. The average molecular weight is 242 g/mol. The van der Waals surface area contributed by atoms with Gasteiger partial charge in [0, 0.05) is 12.6 Å². The molecule has 0 fully saturated rings. The predicted octanol–water partition coefficient (Wildman–Crippen LogP) is 2.83. The Morgan fingerprint density at radius 2 is 1.88 bits per heavy atom. The molecular weight excluding hydrogens is 233 g/mol. The van der Waals surface area contributed by atoms with Gasteiger partial charge < -0.3 is 4.74 Å². The van der Waals surface area contributed by atoms with E-state index in [1.165, 1.54) is 35.1 Å². The number of alkyl halides is 2. The highest BCUT2D eigenvalue weighted by Gasteiger charge is 2.15. The molecule has 2 rings (SSSR count). The monoisotopic (exact) mass is 242 g/mol. The van der Waals surface area contributed by atoms with Gasteiger partial charge in [-0.05, 0) is 24.3 Å². The first kappa shape index (κ1) is 11.5. The zero-order chi connectivity index (χ0) is 12.4. The number of benzene rings is 1. The summed E-state index contributed by atoms with van der Waals surface area (Å²) < 4.78 is 42.8. The molecule has 0 saturated heterocycles. The lowest BCUT2D eigenvalue weighted by Crippen LogP contribution is -2.02. The van der Waals surface area contributed by atoms with E-state index in [4.69, 9.17) is 0 Å². The Labute approximate surface area is 95.4 Å². The molecule has 1 aromatic heterocycles. The molecule has 0 spiro atoms. The van der Waals surface area contributed by atoms with Gasteiger partial charge in [-0.3, -0.25) is 4.68 Å². The number of hydrogen-bond donors (Lipinski definition) is 0. The van der Waals surface area contributed by atoms with Crippen molar-refractivity contribution in [1.82, 2.24) is 9.78 Å². The number of aryl methyl sites for hydroxylation is 1. The van der Waals surface area contributed by atoms with Crippen molar-refractivity contribution in [1.29, 1.82) is 0 Å². The zero-order valence-electron chi connectivity index (χ0n) is 8.90. The minimum Gasteiger partial charge on any atom is -0.431 e. The van der Waals surface area contributed by atoms with Crippen molar-refractivity contribution < 1.29 is 17.9 Å². The van der Waals surface area contributed by atoms with Crippen LogP contribution in [0.15, 0.2) is 30.5 Å². The summed E-state index contributed by atoms with van der Waals surface area (Å²) in [6, 6.07) is 5.37.